The zero-order chi connectivity index (χ0) is 12.1. The van der Waals surface area contributed by atoms with Crippen LogP contribution in [-0.2, 0) is 12.4 Å². The lowest BCUT2D eigenvalue weighted by atomic mass is 10.1. The highest BCUT2D eigenvalue weighted by Gasteiger charge is 2.02. The summed E-state index contributed by atoms with van der Waals surface area (Å²) in [5.74, 6) is 0.254. The van der Waals surface area contributed by atoms with E-state index < -0.39 is 0 Å². The van der Waals surface area contributed by atoms with Gasteiger partial charge in [-0.1, -0.05) is 36.4 Å². The Labute approximate surface area is 105 Å². The maximum atomic E-state index is 13.4. The summed E-state index contributed by atoms with van der Waals surface area (Å²) in [7, 11) is 0. The van der Waals surface area contributed by atoms with Gasteiger partial charge in [-0.25, -0.2) is 4.39 Å². The number of benzene rings is 2. The second kappa shape index (κ2) is 5.69. The number of halogens is 2. The van der Waals surface area contributed by atoms with E-state index in [1.807, 2.05) is 30.3 Å². The molecule has 0 aliphatic heterocycles. The minimum atomic E-state index is -0.191. The van der Waals surface area contributed by atoms with Crippen molar-refractivity contribution in [1.82, 2.24) is 0 Å². The van der Waals surface area contributed by atoms with Gasteiger partial charge in [0, 0.05) is 23.7 Å². The van der Waals surface area contributed by atoms with Crippen LogP contribution in [-0.4, -0.2) is 0 Å². The molecule has 0 aliphatic carbocycles. The molecule has 0 radical (unpaired) electrons. The van der Waals surface area contributed by atoms with Crippen molar-refractivity contribution in [3.8, 4) is 0 Å². The zero-order valence-corrected chi connectivity index (χ0v) is 10.0. The molecule has 0 amide bonds. The van der Waals surface area contributed by atoms with Gasteiger partial charge in [0.25, 0.3) is 0 Å². The number of nitrogens with one attached hydrogen (secondary N) is 1. The van der Waals surface area contributed by atoms with Gasteiger partial charge < -0.3 is 5.32 Å². The molecule has 2 aromatic carbocycles. The summed E-state index contributed by atoms with van der Waals surface area (Å²) >= 11 is 5.83. The number of hydrogen-bond donors (Lipinski definition) is 1. The van der Waals surface area contributed by atoms with Crippen LogP contribution in [0.3, 0.4) is 0 Å². The fourth-order valence-corrected chi connectivity index (χ4v) is 1.87. The van der Waals surface area contributed by atoms with E-state index in [0.717, 1.165) is 11.3 Å². The second-order valence-corrected chi connectivity index (χ2v) is 4.00. The van der Waals surface area contributed by atoms with Gasteiger partial charge in [-0.3, -0.25) is 0 Å². The standard InChI is InChI=1S/C14H13ClFN/c15-9-11-5-2-4-8-14(11)17-10-12-6-1-3-7-13(12)16/h1-8,17H,9-10H2. The van der Waals surface area contributed by atoms with Crippen LogP contribution in [0, 0.1) is 5.82 Å². The normalized spacial score (nSPS) is 10.2. The number of rotatable bonds is 4. The third-order valence-corrected chi connectivity index (χ3v) is 2.88. The lowest BCUT2D eigenvalue weighted by Gasteiger charge is -2.10. The molecule has 2 rings (SSSR count). The van der Waals surface area contributed by atoms with Gasteiger partial charge in [0.2, 0.25) is 0 Å². The zero-order valence-electron chi connectivity index (χ0n) is 9.29. The highest BCUT2D eigenvalue weighted by molar-refractivity contribution is 6.17. The quantitative estimate of drug-likeness (QED) is 0.802. The summed E-state index contributed by atoms with van der Waals surface area (Å²) in [6.07, 6.45) is 0. The van der Waals surface area contributed by atoms with Crippen molar-refractivity contribution in [3.63, 3.8) is 0 Å². The van der Waals surface area contributed by atoms with E-state index in [2.05, 4.69) is 5.32 Å². The highest BCUT2D eigenvalue weighted by atomic mass is 35.5. The van der Waals surface area contributed by atoms with E-state index >= 15 is 0 Å². The van der Waals surface area contributed by atoms with Gasteiger partial charge in [-0.15, -0.1) is 11.6 Å². The van der Waals surface area contributed by atoms with E-state index in [0.29, 0.717) is 18.0 Å². The molecule has 0 heterocycles. The molecule has 0 bridgehead atoms. The van der Waals surface area contributed by atoms with Crippen molar-refractivity contribution in [1.29, 1.82) is 0 Å². The highest BCUT2D eigenvalue weighted by Crippen LogP contribution is 2.18. The molecule has 1 nitrogen and oxygen atoms in total. The van der Waals surface area contributed by atoms with Crippen molar-refractivity contribution in [2.24, 2.45) is 0 Å². The fourth-order valence-electron chi connectivity index (χ4n) is 1.64. The molecular weight excluding hydrogens is 237 g/mol. The van der Waals surface area contributed by atoms with Gasteiger partial charge in [-0.2, -0.15) is 0 Å². The number of alkyl halides is 1. The van der Waals surface area contributed by atoms with Crippen LogP contribution in [0.25, 0.3) is 0 Å². The molecule has 0 saturated carbocycles. The SMILES string of the molecule is Fc1ccccc1CNc1ccccc1CCl. The largest absolute Gasteiger partial charge is 0.381 e. The predicted octanol–water partition coefficient (Wildman–Crippen LogP) is 4.18. The van der Waals surface area contributed by atoms with Crippen molar-refractivity contribution in [2.45, 2.75) is 12.4 Å². The van der Waals surface area contributed by atoms with Crippen LogP contribution in [0.2, 0.25) is 0 Å². The van der Waals surface area contributed by atoms with Gasteiger partial charge in [0.15, 0.2) is 0 Å². The second-order valence-electron chi connectivity index (χ2n) is 3.74. The molecule has 0 saturated heterocycles. The molecular formula is C14H13ClFN. The Hall–Kier alpha value is -1.54. The van der Waals surface area contributed by atoms with Crippen LogP contribution in [0.15, 0.2) is 48.5 Å². The first-order valence-electron chi connectivity index (χ1n) is 5.42. The Bertz CT molecular complexity index is 499. The fraction of sp³-hybridized carbons (Fsp3) is 0.143. The molecule has 0 aromatic heterocycles. The van der Waals surface area contributed by atoms with E-state index in [1.165, 1.54) is 6.07 Å². The van der Waals surface area contributed by atoms with Crippen LogP contribution >= 0.6 is 11.6 Å². The molecule has 3 heteroatoms. The smallest absolute Gasteiger partial charge is 0.128 e. The van der Waals surface area contributed by atoms with E-state index in [9.17, 15) is 4.39 Å². The molecule has 1 N–H and O–H groups in total. The Morgan fingerprint density at radius 1 is 0.941 bits per heavy atom. The third kappa shape index (κ3) is 2.98. The summed E-state index contributed by atoms with van der Waals surface area (Å²) < 4.78 is 13.4. The first kappa shape index (κ1) is 11.9. The van der Waals surface area contributed by atoms with Crippen LogP contribution in [0.1, 0.15) is 11.1 Å². The van der Waals surface area contributed by atoms with Crippen molar-refractivity contribution in [3.05, 3.63) is 65.5 Å². The van der Waals surface area contributed by atoms with E-state index in [-0.39, 0.29) is 5.82 Å². The molecule has 0 unspecified atom stereocenters. The van der Waals surface area contributed by atoms with Crippen LogP contribution < -0.4 is 5.32 Å². The first-order valence-corrected chi connectivity index (χ1v) is 5.96. The van der Waals surface area contributed by atoms with Crippen molar-refractivity contribution >= 4 is 17.3 Å². The molecule has 2 aromatic rings. The van der Waals surface area contributed by atoms with E-state index in [1.54, 1.807) is 12.1 Å². The molecule has 0 fully saturated rings. The summed E-state index contributed by atoms with van der Waals surface area (Å²) in [6, 6.07) is 14.5. The molecule has 88 valence electrons. The van der Waals surface area contributed by atoms with Crippen LogP contribution in [0.4, 0.5) is 10.1 Å². The van der Waals surface area contributed by atoms with Crippen molar-refractivity contribution < 1.29 is 4.39 Å². The van der Waals surface area contributed by atoms with Gasteiger partial charge in [-0.05, 0) is 17.7 Å². The summed E-state index contributed by atoms with van der Waals surface area (Å²) in [6.45, 7) is 0.459. The molecule has 17 heavy (non-hydrogen) atoms. The number of hydrogen-bond acceptors (Lipinski definition) is 1. The minimum Gasteiger partial charge on any atom is -0.381 e. The van der Waals surface area contributed by atoms with Crippen molar-refractivity contribution in [2.75, 3.05) is 5.32 Å². The summed E-state index contributed by atoms with van der Waals surface area (Å²) in [5.41, 5.74) is 2.62. The molecule has 0 aliphatic rings. The number of para-hydroxylation sites is 1. The van der Waals surface area contributed by atoms with E-state index in [4.69, 9.17) is 11.6 Å². The first-order chi connectivity index (χ1) is 8.31. The molecule has 0 atom stereocenters. The van der Waals surface area contributed by atoms with Crippen LogP contribution in [0.5, 0.6) is 0 Å². The lowest BCUT2D eigenvalue weighted by molar-refractivity contribution is 0.613. The maximum absolute atomic E-state index is 13.4. The lowest BCUT2D eigenvalue weighted by Crippen LogP contribution is -2.03. The minimum absolute atomic E-state index is 0.191. The Balaban J connectivity index is 2.10. The topological polar surface area (TPSA) is 12.0 Å². The average molecular weight is 250 g/mol. The van der Waals surface area contributed by atoms with Gasteiger partial charge in [0.1, 0.15) is 5.82 Å². The Kier molecular flexibility index (Phi) is 3.99. The Morgan fingerprint density at radius 3 is 2.29 bits per heavy atom. The average Bonchev–Trinajstić information content (AvgIpc) is 2.38. The summed E-state index contributed by atoms with van der Waals surface area (Å²) in [4.78, 5) is 0. The molecule has 0 spiro atoms. The van der Waals surface area contributed by atoms with Gasteiger partial charge in [0.05, 0.1) is 0 Å². The summed E-state index contributed by atoms with van der Waals surface area (Å²) in [5, 5.41) is 3.20. The van der Waals surface area contributed by atoms with Gasteiger partial charge >= 0.3 is 0 Å². The maximum Gasteiger partial charge on any atom is 0.128 e. The monoisotopic (exact) mass is 249 g/mol. The number of anilines is 1. The third-order valence-electron chi connectivity index (χ3n) is 2.59. The Morgan fingerprint density at radius 2 is 1.59 bits per heavy atom. The predicted molar refractivity (Wildman–Crippen MR) is 69.7 cm³/mol.